The third-order valence-corrected chi connectivity index (χ3v) is 3.67. The summed E-state index contributed by atoms with van der Waals surface area (Å²) >= 11 is 0. The van der Waals surface area contributed by atoms with Gasteiger partial charge in [-0.25, -0.2) is 4.68 Å². The van der Waals surface area contributed by atoms with Crippen LogP contribution >= 0.6 is 0 Å². The molecule has 1 aliphatic heterocycles. The highest BCUT2D eigenvalue weighted by Gasteiger charge is 2.36. The molecule has 1 aromatic rings. The summed E-state index contributed by atoms with van der Waals surface area (Å²) in [7, 11) is 1.72. The number of nitrogens with zero attached hydrogens (tertiary/aromatic N) is 4. The lowest BCUT2D eigenvalue weighted by Gasteiger charge is -2.25. The minimum absolute atomic E-state index is 0.274. The minimum atomic E-state index is -0.274. The van der Waals surface area contributed by atoms with Crippen molar-refractivity contribution in [3.8, 4) is 0 Å². The average Bonchev–Trinajstić information content (AvgIpc) is 2.93. The number of aromatic nitrogens is 4. The highest BCUT2D eigenvalue weighted by Crippen LogP contribution is 2.24. The standard InChI is InChI=1S/C11H19N5O2/c1-17-11(4-5-18-8-11)7-16-10(13-14-15-16)6-12-9-2-3-9/h9,12H,2-8H2,1H3. The molecule has 3 rings (SSSR count). The minimum Gasteiger partial charge on any atom is -0.378 e. The van der Waals surface area contributed by atoms with Crippen molar-refractivity contribution >= 4 is 0 Å². The number of methoxy groups -OCH3 is 1. The normalized spacial score (nSPS) is 27.8. The zero-order chi connectivity index (χ0) is 12.4. The van der Waals surface area contributed by atoms with E-state index in [1.807, 2.05) is 4.68 Å². The second kappa shape index (κ2) is 4.91. The van der Waals surface area contributed by atoms with Gasteiger partial charge in [-0.2, -0.15) is 0 Å². The lowest BCUT2D eigenvalue weighted by molar-refractivity contribution is -0.0327. The van der Waals surface area contributed by atoms with Crippen LogP contribution in [0.1, 0.15) is 25.1 Å². The molecule has 1 N–H and O–H groups in total. The third-order valence-electron chi connectivity index (χ3n) is 3.67. The number of hydrogen-bond acceptors (Lipinski definition) is 6. The second-order valence-corrected chi connectivity index (χ2v) is 5.10. The summed E-state index contributed by atoms with van der Waals surface area (Å²) in [5.41, 5.74) is -0.274. The molecule has 1 saturated heterocycles. The Balaban J connectivity index is 1.65. The van der Waals surface area contributed by atoms with E-state index in [1.54, 1.807) is 7.11 Å². The Morgan fingerprint density at radius 2 is 2.44 bits per heavy atom. The van der Waals surface area contributed by atoms with Gasteiger partial charge in [-0.15, -0.1) is 5.10 Å². The first-order chi connectivity index (χ1) is 8.81. The van der Waals surface area contributed by atoms with Crippen LogP contribution < -0.4 is 5.32 Å². The molecule has 1 unspecified atom stereocenters. The van der Waals surface area contributed by atoms with Crippen molar-refractivity contribution in [2.45, 2.75) is 44.0 Å². The van der Waals surface area contributed by atoms with Gasteiger partial charge in [0.2, 0.25) is 0 Å². The lowest BCUT2D eigenvalue weighted by Crippen LogP contribution is -2.38. The highest BCUT2D eigenvalue weighted by atomic mass is 16.5. The summed E-state index contributed by atoms with van der Waals surface area (Å²) in [5.74, 6) is 0.866. The van der Waals surface area contributed by atoms with Crippen LogP contribution in [0.3, 0.4) is 0 Å². The van der Waals surface area contributed by atoms with Crippen molar-refractivity contribution in [1.29, 1.82) is 0 Å². The quantitative estimate of drug-likeness (QED) is 0.752. The van der Waals surface area contributed by atoms with E-state index >= 15 is 0 Å². The Kier molecular flexibility index (Phi) is 3.27. The molecule has 1 aliphatic carbocycles. The molecule has 18 heavy (non-hydrogen) atoms. The number of hydrogen-bond donors (Lipinski definition) is 1. The fourth-order valence-electron chi connectivity index (χ4n) is 2.21. The number of nitrogens with one attached hydrogen (secondary N) is 1. The Morgan fingerprint density at radius 3 is 3.11 bits per heavy atom. The lowest BCUT2D eigenvalue weighted by atomic mass is 10.0. The van der Waals surface area contributed by atoms with E-state index in [9.17, 15) is 0 Å². The van der Waals surface area contributed by atoms with Crippen molar-refractivity contribution in [2.24, 2.45) is 0 Å². The van der Waals surface area contributed by atoms with Crippen molar-refractivity contribution in [3.05, 3.63) is 5.82 Å². The van der Waals surface area contributed by atoms with E-state index < -0.39 is 0 Å². The van der Waals surface area contributed by atoms with Gasteiger partial charge in [-0.05, 0) is 23.3 Å². The fourth-order valence-corrected chi connectivity index (χ4v) is 2.21. The van der Waals surface area contributed by atoms with Gasteiger partial charge in [0.1, 0.15) is 5.60 Å². The molecule has 2 fully saturated rings. The number of ether oxygens (including phenoxy) is 2. The van der Waals surface area contributed by atoms with Gasteiger partial charge in [0.25, 0.3) is 0 Å². The predicted molar refractivity (Wildman–Crippen MR) is 62.9 cm³/mol. The molecular formula is C11H19N5O2. The molecule has 100 valence electrons. The SMILES string of the molecule is COC1(Cn2nnnc2CNC2CC2)CCOC1. The predicted octanol–water partition coefficient (Wildman–Crippen LogP) is -0.269. The summed E-state index contributed by atoms with van der Waals surface area (Å²) in [6.45, 7) is 2.72. The van der Waals surface area contributed by atoms with Gasteiger partial charge in [-0.3, -0.25) is 0 Å². The van der Waals surface area contributed by atoms with Crippen molar-refractivity contribution < 1.29 is 9.47 Å². The Hall–Kier alpha value is -1.05. The second-order valence-electron chi connectivity index (χ2n) is 5.10. The first-order valence-electron chi connectivity index (χ1n) is 6.43. The molecule has 1 atom stereocenters. The van der Waals surface area contributed by atoms with Gasteiger partial charge in [0.15, 0.2) is 5.82 Å². The van der Waals surface area contributed by atoms with Crippen molar-refractivity contribution in [1.82, 2.24) is 25.5 Å². The van der Waals surface area contributed by atoms with Crippen molar-refractivity contribution in [2.75, 3.05) is 20.3 Å². The van der Waals surface area contributed by atoms with Crippen LogP contribution in [0.4, 0.5) is 0 Å². The van der Waals surface area contributed by atoms with Gasteiger partial charge in [0.05, 0.1) is 19.7 Å². The summed E-state index contributed by atoms with van der Waals surface area (Å²) in [5, 5.41) is 15.3. The third kappa shape index (κ3) is 2.52. The molecule has 0 spiro atoms. The topological polar surface area (TPSA) is 74.1 Å². The largest absolute Gasteiger partial charge is 0.378 e. The maximum atomic E-state index is 5.60. The zero-order valence-corrected chi connectivity index (χ0v) is 10.6. The van der Waals surface area contributed by atoms with Gasteiger partial charge in [-0.1, -0.05) is 0 Å². The molecule has 1 saturated carbocycles. The highest BCUT2D eigenvalue weighted by molar-refractivity contribution is 4.91. The first kappa shape index (κ1) is 12.0. The fraction of sp³-hybridized carbons (Fsp3) is 0.909. The molecule has 1 aromatic heterocycles. The molecule has 2 heterocycles. The van der Waals surface area contributed by atoms with Gasteiger partial charge < -0.3 is 14.8 Å². The van der Waals surface area contributed by atoms with Crippen LogP contribution in [-0.2, 0) is 22.6 Å². The summed E-state index contributed by atoms with van der Waals surface area (Å²) in [6.07, 6.45) is 3.41. The summed E-state index contributed by atoms with van der Waals surface area (Å²) < 4.78 is 12.9. The summed E-state index contributed by atoms with van der Waals surface area (Å²) in [6, 6.07) is 0.654. The molecule has 0 aromatic carbocycles. The van der Waals surface area contributed by atoms with E-state index in [2.05, 4.69) is 20.8 Å². The van der Waals surface area contributed by atoms with E-state index in [0.717, 1.165) is 25.4 Å². The smallest absolute Gasteiger partial charge is 0.165 e. The Labute approximate surface area is 106 Å². The summed E-state index contributed by atoms with van der Waals surface area (Å²) in [4.78, 5) is 0. The molecular weight excluding hydrogens is 234 g/mol. The average molecular weight is 253 g/mol. The molecule has 0 bridgehead atoms. The molecule has 2 aliphatic rings. The Morgan fingerprint density at radius 1 is 1.56 bits per heavy atom. The Bertz CT molecular complexity index is 398. The maximum absolute atomic E-state index is 5.60. The van der Waals surface area contributed by atoms with E-state index in [-0.39, 0.29) is 5.60 Å². The number of tetrazole rings is 1. The monoisotopic (exact) mass is 253 g/mol. The van der Waals surface area contributed by atoms with Crippen LogP contribution in [0, 0.1) is 0 Å². The first-order valence-corrected chi connectivity index (χ1v) is 6.43. The number of rotatable bonds is 6. The van der Waals surface area contributed by atoms with Crippen LogP contribution in [-0.4, -0.2) is 52.2 Å². The molecule has 0 radical (unpaired) electrons. The van der Waals surface area contributed by atoms with Crippen molar-refractivity contribution in [3.63, 3.8) is 0 Å². The maximum Gasteiger partial charge on any atom is 0.165 e. The zero-order valence-electron chi connectivity index (χ0n) is 10.6. The van der Waals surface area contributed by atoms with Crippen LogP contribution in [0.5, 0.6) is 0 Å². The van der Waals surface area contributed by atoms with E-state index in [0.29, 0.717) is 19.2 Å². The van der Waals surface area contributed by atoms with Crippen LogP contribution in [0.25, 0.3) is 0 Å². The van der Waals surface area contributed by atoms with Gasteiger partial charge >= 0.3 is 0 Å². The van der Waals surface area contributed by atoms with E-state index in [1.165, 1.54) is 12.8 Å². The molecule has 7 nitrogen and oxygen atoms in total. The molecule has 0 amide bonds. The van der Waals surface area contributed by atoms with Gasteiger partial charge in [0, 0.05) is 26.2 Å². The molecule has 7 heteroatoms. The van der Waals surface area contributed by atoms with Crippen LogP contribution in [0.15, 0.2) is 0 Å². The van der Waals surface area contributed by atoms with E-state index in [4.69, 9.17) is 9.47 Å². The van der Waals surface area contributed by atoms with Crippen LogP contribution in [0.2, 0.25) is 0 Å².